The molecule has 2 nitrogen and oxygen atoms in total. The number of halogens is 3. The highest BCUT2D eigenvalue weighted by molar-refractivity contribution is 5.50. The third-order valence-corrected chi connectivity index (χ3v) is 4.17. The number of alkyl halides is 3. The number of hydrogen-bond acceptors (Lipinski definition) is 2. The first kappa shape index (κ1) is 16.1. The summed E-state index contributed by atoms with van der Waals surface area (Å²) in [4.78, 5) is 2.40. The summed E-state index contributed by atoms with van der Waals surface area (Å²) in [6.07, 6.45) is -2.36. The highest BCUT2D eigenvalue weighted by Gasteiger charge is 2.32. The molecule has 0 aromatic heterocycles. The molecule has 0 amide bonds. The number of rotatable bonds is 3. The summed E-state index contributed by atoms with van der Waals surface area (Å²) in [5, 5.41) is 3.25. The van der Waals surface area contributed by atoms with E-state index < -0.39 is 11.7 Å². The van der Waals surface area contributed by atoms with E-state index in [1.54, 1.807) is 6.07 Å². The largest absolute Gasteiger partial charge is 0.416 e. The molecule has 0 spiro atoms. The number of anilines is 1. The van der Waals surface area contributed by atoms with Crippen molar-refractivity contribution in [3.05, 3.63) is 29.3 Å². The van der Waals surface area contributed by atoms with Gasteiger partial charge in [0.15, 0.2) is 0 Å². The van der Waals surface area contributed by atoms with Crippen LogP contribution in [-0.2, 0) is 6.18 Å². The van der Waals surface area contributed by atoms with Crippen LogP contribution in [0.2, 0.25) is 0 Å². The number of hydrogen-bond donors (Lipinski definition) is 1. The Balaban J connectivity index is 2.01. The number of aryl methyl sites for hydroxylation is 1. The molecule has 1 N–H and O–H groups in total. The fraction of sp³-hybridized carbons (Fsp3) is 0.625. The Hall–Kier alpha value is -1.23. The maximum absolute atomic E-state index is 12.9. The molecule has 0 saturated carbocycles. The predicted molar refractivity (Wildman–Crippen MR) is 79.5 cm³/mol. The number of benzene rings is 1. The fourth-order valence-corrected chi connectivity index (χ4v) is 2.81. The van der Waals surface area contributed by atoms with Gasteiger partial charge in [-0.15, -0.1) is 0 Å². The van der Waals surface area contributed by atoms with Gasteiger partial charge in [0.1, 0.15) is 0 Å². The molecule has 0 radical (unpaired) electrons. The quantitative estimate of drug-likeness (QED) is 0.895. The monoisotopic (exact) mass is 300 g/mol. The van der Waals surface area contributed by atoms with Crippen molar-refractivity contribution >= 4 is 5.69 Å². The van der Waals surface area contributed by atoms with Crippen molar-refractivity contribution in [1.82, 2.24) is 4.90 Å². The summed E-state index contributed by atoms with van der Waals surface area (Å²) < 4.78 is 38.7. The second kappa shape index (κ2) is 6.26. The van der Waals surface area contributed by atoms with Gasteiger partial charge in [0.2, 0.25) is 0 Å². The average molecular weight is 300 g/mol. The van der Waals surface area contributed by atoms with Gasteiger partial charge in [0.05, 0.1) is 5.56 Å². The molecule has 21 heavy (non-hydrogen) atoms. The number of piperidine rings is 1. The maximum atomic E-state index is 12.9. The van der Waals surface area contributed by atoms with E-state index >= 15 is 0 Å². The first-order chi connectivity index (χ1) is 9.77. The van der Waals surface area contributed by atoms with Gasteiger partial charge in [-0.1, -0.05) is 6.07 Å². The SMILES string of the molecule is Cc1ccc(NC2CCN(C(C)C)CC2)cc1C(F)(F)F. The van der Waals surface area contributed by atoms with Crippen LogP contribution in [0.25, 0.3) is 0 Å². The standard InChI is InChI=1S/C16H23F3N2/c1-11(2)21-8-6-13(7-9-21)20-14-5-4-12(3)15(10-14)16(17,18)19/h4-5,10-11,13,20H,6-9H2,1-3H3. The smallest absolute Gasteiger partial charge is 0.382 e. The lowest BCUT2D eigenvalue weighted by Crippen LogP contribution is -2.42. The topological polar surface area (TPSA) is 15.3 Å². The highest BCUT2D eigenvalue weighted by atomic mass is 19.4. The Labute approximate surface area is 124 Å². The Kier molecular flexibility index (Phi) is 4.81. The van der Waals surface area contributed by atoms with Gasteiger partial charge < -0.3 is 10.2 Å². The van der Waals surface area contributed by atoms with Crippen LogP contribution in [0, 0.1) is 6.92 Å². The molecule has 0 atom stereocenters. The molecule has 5 heteroatoms. The van der Waals surface area contributed by atoms with Gasteiger partial charge in [-0.3, -0.25) is 0 Å². The molecular formula is C16H23F3N2. The normalized spacial score (nSPS) is 18.2. The van der Waals surface area contributed by atoms with Crippen LogP contribution in [0.1, 0.15) is 37.8 Å². The van der Waals surface area contributed by atoms with E-state index in [0.717, 1.165) is 25.9 Å². The zero-order valence-corrected chi connectivity index (χ0v) is 12.8. The van der Waals surface area contributed by atoms with E-state index in [9.17, 15) is 13.2 Å². The van der Waals surface area contributed by atoms with E-state index in [4.69, 9.17) is 0 Å². The van der Waals surface area contributed by atoms with Crippen molar-refractivity contribution in [3.63, 3.8) is 0 Å². The van der Waals surface area contributed by atoms with Crippen molar-refractivity contribution in [2.24, 2.45) is 0 Å². The second-order valence-corrected chi connectivity index (χ2v) is 6.08. The Morgan fingerprint density at radius 3 is 2.33 bits per heavy atom. The molecule has 1 fully saturated rings. The minimum atomic E-state index is -4.29. The molecule has 1 aromatic carbocycles. The lowest BCUT2D eigenvalue weighted by molar-refractivity contribution is -0.138. The third kappa shape index (κ3) is 4.13. The summed E-state index contributed by atoms with van der Waals surface area (Å²) in [6.45, 7) is 7.82. The molecule has 1 heterocycles. The summed E-state index contributed by atoms with van der Waals surface area (Å²) >= 11 is 0. The van der Waals surface area contributed by atoms with E-state index in [1.807, 2.05) is 0 Å². The van der Waals surface area contributed by atoms with E-state index in [-0.39, 0.29) is 11.6 Å². The summed E-state index contributed by atoms with van der Waals surface area (Å²) in [5.41, 5.74) is 0.283. The summed E-state index contributed by atoms with van der Waals surface area (Å²) in [7, 11) is 0. The van der Waals surface area contributed by atoms with Gasteiger partial charge in [-0.2, -0.15) is 13.2 Å². The first-order valence-corrected chi connectivity index (χ1v) is 7.46. The summed E-state index contributed by atoms with van der Waals surface area (Å²) in [6, 6.07) is 5.28. The van der Waals surface area contributed by atoms with Crippen molar-refractivity contribution < 1.29 is 13.2 Å². The predicted octanol–water partition coefficient (Wildman–Crippen LogP) is 4.30. The zero-order chi connectivity index (χ0) is 15.6. The van der Waals surface area contributed by atoms with Crippen LogP contribution in [0.4, 0.5) is 18.9 Å². The maximum Gasteiger partial charge on any atom is 0.416 e. The Morgan fingerprint density at radius 1 is 1.19 bits per heavy atom. The van der Waals surface area contributed by atoms with Crippen molar-refractivity contribution in [2.75, 3.05) is 18.4 Å². The molecule has 1 saturated heterocycles. The van der Waals surface area contributed by atoms with Gasteiger partial charge in [-0.05, 0) is 51.3 Å². The van der Waals surface area contributed by atoms with Gasteiger partial charge in [0, 0.05) is 30.9 Å². The van der Waals surface area contributed by atoms with Gasteiger partial charge in [0.25, 0.3) is 0 Å². The average Bonchev–Trinajstić information content (AvgIpc) is 2.40. The Morgan fingerprint density at radius 2 is 1.81 bits per heavy atom. The van der Waals surface area contributed by atoms with E-state index in [0.29, 0.717) is 11.7 Å². The van der Waals surface area contributed by atoms with Gasteiger partial charge >= 0.3 is 6.18 Å². The summed E-state index contributed by atoms with van der Waals surface area (Å²) in [5.74, 6) is 0. The lowest BCUT2D eigenvalue weighted by atomic mass is 10.0. The number of nitrogens with zero attached hydrogens (tertiary/aromatic N) is 1. The molecular weight excluding hydrogens is 277 g/mol. The number of nitrogens with one attached hydrogen (secondary N) is 1. The number of likely N-dealkylation sites (tertiary alicyclic amines) is 1. The van der Waals surface area contributed by atoms with Crippen LogP contribution >= 0.6 is 0 Å². The molecule has 0 unspecified atom stereocenters. The van der Waals surface area contributed by atoms with Crippen molar-refractivity contribution in [2.45, 2.75) is 51.9 Å². The van der Waals surface area contributed by atoms with Gasteiger partial charge in [-0.25, -0.2) is 0 Å². The molecule has 118 valence electrons. The molecule has 1 aromatic rings. The van der Waals surface area contributed by atoms with Crippen LogP contribution in [0.5, 0.6) is 0 Å². The zero-order valence-electron chi connectivity index (χ0n) is 12.8. The van der Waals surface area contributed by atoms with Crippen molar-refractivity contribution in [1.29, 1.82) is 0 Å². The molecule has 1 aliphatic heterocycles. The fourth-order valence-electron chi connectivity index (χ4n) is 2.81. The van der Waals surface area contributed by atoms with E-state index in [1.165, 1.54) is 19.1 Å². The first-order valence-electron chi connectivity index (χ1n) is 7.46. The Bertz CT molecular complexity index is 475. The minimum Gasteiger partial charge on any atom is -0.382 e. The highest BCUT2D eigenvalue weighted by Crippen LogP contribution is 2.33. The third-order valence-electron chi connectivity index (χ3n) is 4.17. The second-order valence-electron chi connectivity index (χ2n) is 6.08. The molecule has 1 aliphatic rings. The lowest BCUT2D eigenvalue weighted by Gasteiger charge is -2.35. The minimum absolute atomic E-state index is 0.254. The molecule has 0 bridgehead atoms. The van der Waals surface area contributed by atoms with Crippen LogP contribution in [-0.4, -0.2) is 30.1 Å². The van der Waals surface area contributed by atoms with Crippen LogP contribution in [0.15, 0.2) is 18.2 Å². The van der Waals surface area contributed by atoms with Crippen LogP contribution < -0.4 is 5.32 Å². The van der Waals surface area contributed by atoms with Crippen LogP contribution in [0.3, 0.4) is 0 Å². The van der Waals surface area contributed by atoms with E-state index in [2.05, 4.69) is 24.1 Å². The molecule has 0 aliphatic carbocycles. The molecule has 2 rings (SSSR count). The van der Waals surface area contributed by atoms with Crippen molar-refractivity contribution in [3.8, 4) is 0 Å².